The van der Waals surface area contributed by atoms with Crippen molar-refractivity contribution in [3.8, 4) is 0 Å². The predicted octanol–water partition coefficient (Wildman–Crippen LogP) is 2.54. The minimum atomic E-state index is -0.426. The maximum atomic E-state index is 5.76. The lowest BCUT2D eigenvalue weighted by molar-refractivity contribution is -0.145. The minimum absolute atomic E-state index is 0.236. The van der Waals surface area contributed by atoms with Crippen LogP contribution in [0.1, 0.15) is 31.9 Å². The molecule has 1 aromatic rings. The number of nitrogens with one attached hydrogen (secondary N) is 1. The summed E-state index contributed by atoms with van der Waals surface area (Å²) in [6.07, 6.45) is 2.63. The van der Waals surface area contributed by atoms with Crippen molar-refractivity contribution in [3.05, 3.63) is 29.0 Å². The van der Waals surface area contributed by atoms with Gasteiger partial charge in [-0.2, -0.15) is 0 Å². The SMILES string of the molecule is C[C@H](NCCC1(C)OCCO1)c1ccc(Cl)nc1. The van der Waals surface area contributed by atoms with Crippen LogP contribution in [0.5, 0.6) is 0 Å². The monoisotopic (exact) mass is 270 g/mol. The van der Waals surface area contributed by atoms with Gasteiger partial charge in [-0.05, 0) is 25.5 Å². The Bertz CT molecular complexity index is 377. The van der Waals surface area contributed by atoms with Gasteiger partial charge in [-0.1, -0.05) is 17.7 Å². The number of nitrogens with zero attached hydrogens (tertiary/aromatic N) is 1. The Hall–Kier alpha value is -0.680. The molecule has 0 amide bonds. The van der Waals surface area contributed by atoms with E-state index in [-0.39, 0.29) is 6.04 Å². The van der Waals surface area contributed by atoms with E-state index < -0.39 is 5.79 Å². The average molecular weight is 271 g/mol. The minimum Gasteiger partial charge on any atom is -0.348 e. The Labute approximate surface area is 113 Å². The van der Waals surface area contributed by atoms with Gasteiger partial charge in [0.1, 0.15) is 5.15 Å². The topological polar surface area (TPSA) is 43.4 Å². The predicted molar refractivity (Wildman–Crippen MR) is 70.6 cm³/mol. The number of rotatable bonds is 5. The molecule has 0 saturated carbocycles. The number of halogens is 1. The summed E-state index contributed by atoms with van der Waals surface area (Å²) in [6, 6.07) is 4.02. The van der Waals surface area contributed by atoms with Crippen molar-refractivity contribution in [2.24, 2.45) is 0 Å². The van der Waals surface area contributed by atoms with E-state index in [1.807, 2.05) is 13.0 Å². The molecule has 0 bridgehead atoms. The Morgan fingerprint density at radius 2 is 2.17 bits per heavy atom. The standard InChI is InChI=1S/C13H19ClN2O2/c1-10(11-3-4-12(14)16-9-11)15-6-5-13(2)17-7-8-18-13/h3-4,9-10,15H,5-8H2,1-2H3/t10-/m0/s1. The second-order valence-corrected chi connectivity index (χ2v) is 5.06. The zero-order chi connectivity index (χ0) is 13.0. The average Bonchev–Trinajstić information content (AvgIpc) is 2.77. The van der Waals surface area contributed by atoms with Gasteiger partial charge < -0.3 is 14.8 Å². The van der Waals surface area contributed by atoms with Gasteiger partial charge in [-0.25, -0.2) is 4.98 Å². The molecule has 0 radical (unpaired) electrons. The van der Waals surface area contributed by atoms with Crippen molar-refractivity contribution in [2.75, 3.05) is 19.8 Å². The first-order valence-electron chi connectivity index (χ1n) is 6.22. The van der Waals surface area contributed by atoms with Crippen molar-refractivity contribution < 1.29 is 9.47 Å². The molecule has 0 spiro atoms. The van der Waals surface area contributed by atoms with Crippen molar-refractivity contribution in [2.45, 2.75) is 32.1 Å². The lowest BCUT2D eigenvalue weighted by Crippen LogP contribution is -2.32. The molecule has 4 nitrogen and oxygen atoms in total. The second kappa shape index (κ2) is 5.97. The van der Waals surface area contributed by atoms with Crippen LogP contribution < -0.4 is 5.32 Å². The van der Waals surface area contributed by atoms with Gasteiger partial charge in [0.05, 0.1) is 13.2 Å². The summed E-state index contributed by atoms with van der Waals surface area (Å²) in [5.41, 5.74) is 1.12. The zero-order valence-corrected chi connectivity index (χ0v) is 11.5. The number of pyridine rings is 1. The third-order valence-electron chi connectivity index (χ3n) is 3.18. The van der Waals surface area contributed by atoms with Gasteiger partial charge in [0.15, 0.2) is 5.79 Å². The molecule has 5 heteroatoms. The Kier molecular flexibility index (Phi) is 4.56. The highest BCUT2D eigenvalue weighted by Gasteiger charge is 2.30. The van der Waals surface area contributed by atoms with Crippen molar-refractivity contribution in [3.63, 3.8) is 0 Å². The molecule has 1 N–H and O–H groups in total. The quantitative estimate of drug-likeness (QED) is 0.835. The Balaban J connectivity index is 1.77. The molecule has 18 heavy (non-hydrogen) atoms. The van der Waals surface area contributed by atoms with E-state index in [2.05, 4.69) is 17.2 Å². The maximum absolute atomic E-state index is 5.76. The summed E-state index contributed by atoms with van der Waals surface area (Å²) < 4.78 is 11.1. The van der Waals surface area contributed by atoms with Crippen LogP contribution in [0.2, 0.25) is 5.15 Å². The maximum Gasteiger partial charge on any atom is 0.166 e. The van der Waals surface area contributed by atoms with Crippen LogP contribution >= 0.6 is 11.6 Å². The van der Waals surface area contributed by atoms with Gasteiger partial charge in [-0.3, -0.25) is 0 Å². The highest BCUT2D eigenvalue weighted by atomic mass is 35.5. The van der Waals surface area contributed by atoms with Crippen LogP contribution in [-0.2, 0) is 9.47 Å². The van der Waals surface area contributed by atoms with Crippen LogP contribution in [-0.4, -0.2) is 30.5 Å². The smallest absolute Gasteiger partial charge is 0.166 e. The highest BCUT2D eigenvalue weighted by Crippen LogP contribution is 2.22. The van der Waals surface area contributed by atoms with Gasteiger partial charge in [0.25, 0.3) is 0 Å². The van der Waals surface area contributed by atoms with Gasteiger partial charge >= 0.3 is 0 Å². The Morgan fingerprint density at radius 1 is 1.44 bits per heavy atom. The van der Waals surface area contributed by atoms with Crippen LogP contribution in [0.4, 0.5) is 0 Å². The van der Waals surface area contributed by atoms with E-state index in [1.165, 1.54) is 0 Å². The molecule has 1 aliphatic rings. The molecule has 1 fully saturated rings. The van der Waals surface area contributed by atoms with Crippen molar-refractivity contribution in [1.29, 1.82) is 0 Å². The molecular formula is C13H19ClN2O2. The molecule has 1 atom stereocenters. The van der Waals surface area contributed by atoms with Gasteiger partial charge in [0.2, 0.25) is 0 Å². The summed E-state index contributed by atoms with van der Waals surface area (Å²) >= 11 is 5.76. The van der Waals surface area contributed by atoms with Crippen LogP contribution in [0.25, 0.3) is 0 Å². The van der Waals surface area contributed by atoms with Crippen LogP contribution in [0, 0.1) is 0 Å². The van der Waals surface area contributed by atoms with E-state index >= 15 is 0 Å². The largest absolute Gasteiger partial charge is 0.348 e. The van der Waals surface area contributed by atoms with E-state index in [0.717, 1.165) is 18.5 Å². The molecule has 0 aromatic carbocycles. The Morgan fingerprint density at radius 3 is 2.78 bits per heavy atom. The fourth-order valence-electron chi connectivity index (χ4n) is 1.98. The van der Waals surface area contributed by atoms with E-state index in [0.29, 0.717) is 18.4 Å². The molecule has 1 aromatic heterocycles. The third-order valence-corrected chi connectivity index (χ3v) is 3.40. The first-order chi connectivity index (χ1) is 8.59. The second-order valence-electron chi connectivity index (χ2n) is 4.67. The van der Waals surface area contributed by atoms with Crippen molar-refractivity contribution in [1.82, 2.24) is 10.3 Å². The molecule has 100 valence electrons. The first kappa shape index (κ1) is 13.7. The number of ether oxygens (including phenoxy) is 2. The fourth-order valence-corrected chi connectivity index (χ4v) is 2.09. The molecule has 0 unspecified atom stereocenters. The van der Waals surface area contributed by atoms with Crippen LogP contribution in [0.15, 0.2) is 18.3 Å². The van der Waals surface area contributed by atoms with Gasteiger partial charge in [-0.15, -0.1) is 0 Å². The molecule has 2 rings (SSSR count). The zero-order valence-electron chi connectivity index (χ0n) is 10.8. The number of aromatic nitrogens is 1. The summed E-state index contributed by atoms with van der Waals surface area (Å²) in [5, 5.41) is 3.95. The van der Waals surface area contributed by atoms with Crippen molar-refractivity contribution >= 4 is 11.6 Å². The van der Waals surface area contributed by atoms with E-state index in [4.69, 9.17) is 21.1 Å². The summed E-state index contributed by atoms with van der Waals surface area (Å²) in [5.74, 6) is -0.426. The number of hydrogen-bond acceptors (Lipinski definition) is 4. The summed E-state index contributed by atoms with van der Waals surface area (Å²) in [4.78, 5) is 4.08. The normalized spacial score (nSPS) is 19.9. The summed E-state index contributed by atoms with van der Waals surface area (Å²) in [7, 11) is 0. The first-order valence-corrected chi connectivity index (χ1v) is 6.60. The fraction of sp³-hybridized carbons (Fsp3) is 0.615. The van der Waals surface area contributed by atoms with E-state index in [1.54, 1.807) is 12.3 Å². The molecule has 1 saturated heterocycles. The lowest BCUT2D eigenvalue weighted by Gasteiger charge is -2.23. The third kappa shape index (κ3) is 3.65. The number of hydrogen-bond donors (Lipinski definition) is 1. The summed E-state index contributed by atoms with van der Waals surface area (Å²) in [6.45, 7) is 6.29. The molecule has 0 aliphatic carbocycles. The molecule has 1 aliphatic heterocycles. The molecular weight excluding hydrogens is 252 g/mol. The highest BCUT2D eigenvalue weighted by molar-refractivity contribution is 6.29. The van der Waals surface area contributed by atoms with Gasteiger partial charge in [0, 0.05) is 25.2 Å². The molecule has 2 heterocycles. The lowest BCUT2D eigenvalue weighted by atomic mass is 10.1. The van der Waals surface area contributed by atoms with Crippen LogP contribution in [0.3, 0.4) is 0 Å². The van der Waals surface area contributed by atoms with E-state index in [9.17, 15) is 0 Å².